The maximum atomic E-state index is 13.5. The van der Waals surface area contributed by atoms with Crippen LogP contribution in [0.1, 0.15) is 67.6 Å². The molecule has 0 amide bonds. The van der Waals surface area contributed by atoms with E-state index < -0.39 is 18.0 Å². The topological polar surface area (TPSA) is 108 Å². The number of cyclic esters (lactones) is 1. The van der Waals surface area contributed by atoms with Crippen molar-refractivity contribution in [2.45, 2.75) is 58.4 Å². The predicted molar refractivity (Wildman–Crippen MR) is 134 cm³/mol. The van der Waals surface area contributed by atoms with Gasteiger partial charge in [0, 0.05) is 29.1 Å². The SMILES string of the molecule is CCCCNCC(=O)OC1C(=O)OCc2c1cc1n(c2=O)CC2=C(CC)c3cc(OC)ccc3NC21. The van der Waals surface area contributed by atoms with Crippen molar-refractivity contribution >= 4 is 23.2 Å². The number of hydrogen-bond donors (Lipinski definition) is 2. The molecule has 5 rings (SSSR count). The highest BCUT2D eigenvalue weighted by atomic mass is 16.6. The maximum absolute atomic E-state index is 13.5. The highest BCUT2D eigenvalue weighted by Crippen LogP contribution is 2.47. The second-order valence-electron chi connectivity index (χ2n) is 9.25. The Hall–Kier alpha value is -3.59. The molecule has 2 unspecified atom stereocenters. The van der Waals surface area contributed by atoms with Crippen LogP contribution < -0.4 is 20.9 Å². The number of allylic oxidation sites excluding steroid dienone is 1. The number of carbonyl (C=O) groups is 2. The molecule has 36 heavy (non-hydrogen) atoms. The Kier molecular flexibility index (Phi) is 6.57. The van der Waals surface area contributed by atoms with Crippen molar-refractivity contribution in [3.05, 3.63) is 62.6 Å². The number of ether oxygens (including phenoxy) is 3. The summed E-state index contributed by atoms with van der Waals surface area (Å²) in [5.74, 6) is -0.451. The van der Waals surface area contributed by atoms with Gasteiger partial charge in [-0.15, -0.1) is 0 Å². The summed E-state index contributed by atoms with van der Waals surface area (Å²) >= 11 is 0. The number of fused-ring (bicyclic) bond motifs is 5. The van der Waals surface area contributed by atoms with E-state index >= 15 is 0 Å². The Bertz CT molecular complexity index is 1310. The standard InChI is InChI=1S/C27H31N3O6/c1-4-6-9-28-12-23(31)36-25-18-11-22-24-19(13-30(22)26(32)20(18)14-35-27(25)33)16(5-2)17-10-15(34-3)7-8-21(17)29-24/h7-8,10-11,24-25,28-29H,4-6,9,12-14H2,1-3H3. The third kappa shape index (κ3) is 4.07. The Morgan fingerprint density at radius 2 is 2.08 bits per heavy atom. The van der Waals surface area contributed by atoms with Gasteiger partial charge in [-0.2, -0.15) is 0 Å². The molecule has 0 aliphatic carbocycles. The van der Waals surface area contributed by atoms with Crippen LogP contribution in [0.25, 0.3) is 5.57 Å². The summed E-state index contributed by atoms with van der Waals surface area (Å²) in [6.07, 6.45) is 1.47. The summed E-state index contributed by atoms with van der Waals surface area (Å²) in [5, 5.41) is 6.58. The largest absolute Gasteiger partial charge is 0.497 e. The van der Waals surface area contributed by atoms with Crippen LogP contribution in [0.15, 0.2) is 34.6 Å². The van der Waals surface area contributed by atoms with E-state index in [9.17, 15) is 14.4 Å². The molecule has 190 valence electrons. The molecule has 0 spiro atoms. The molecule has 2 aromatic rings. The first-order valence-corrected chi connectivity index (χ1v) is 12.5. The number of pyridine rings is 1. The van der Waals surface area contributed by atoms with Crippen molar-refractivity contribution in [3.8, 4) is 5.75 Å². The summed E-state index contributed by atoms with van der Waals surface area (Å²) in [5.41, 5.74) is 5.59. The molecule has 9 heteroatoms. The molecular formula is C27H31N3O6. The van der Waals surface area contributed by atoms with Crippen LogP contribution in [0.2, 0.25) is 0 Å². The Morgan fingerprint density at radius 3 is 2.83 bits per heavy atom. The van der Waals surface area contributed by atoms with Crippen LogP contribution >= 0.6 is 0 Å². The fourth-order valence-electron chi connectivity index (χ4n) is 5.27. The van der Waals surface area contributed by atoms with Gasteiger partial charge < -0.3 is 29.4 Å². The van der Waals surface area contributed by atoms with Gasteiger partial charge in [0.15, 0.2) is 0 Å². The first-order chi connectivity index (χ1) is 17.5. The minimum atomic E-state index is -1.26. The Balaban J connectivity index is 1.51. The van der Waals surface area contributed by atoms with Crippen LogP contribution in [-0.2, 0) is 32.2 Å². The summed E-state index contributed by atoms with van der Waals surface area (Å²) in [6, 6.07) is 7.50. The van der Waals surface area contributed by atoms with Gasteiger partial charge in [-0.25, -0.2) is 4.79 Å². The fourth-order valence-corrected chi connectivity index (χ4v) is 5.27. The molecule has 0 saturated heterocycles. The van der Waals surface area contributed by atoms with Gasteiger partial charge >= 0.3 is 11.9 Å². The smallest absolute Gasteiger partial charge is 0.352 e. The lowest BCUT2D eigenvalue weighted by Gasteiger charge is -2.29. The lowest BCUT2D eigenvalue weighted by atomic mass is 9.88. The molecule has 2 atom stereocenters. The normalized spacial score (nSPS) is 19.5. The molecule has 3 aliphatic rings. The first-order valence-electron chi connectivity index (χ1n) is 12.5. The molecule has 4 heterocycles. The lowest BCUT2D eigenvalue weighted by Crippen LogP contribution is -2.36. The summed E-state index contributed by atoms with van der Waals surface area (Å²) in [7, 11) is 1.64. The lowest BCUT2D eigenvalue weighted by molar-refractivity contribution is -0.171. The predicted octanol–water partition coefficient (Wildman–Crippen LogP) is 3.23. The minimum absolute atomic E-state index is 0.0137. The zero-order valence-electron chi connectivity index (χ0n) is 20.8. The van der Waals surface area contributed by atoms with E-state index in [1.54, 1.807) is 11.7 Å². The Morgan fingerprint density at radius 1 is 1.25 bits per heavy atom. The average molecular weight is 494 g/mol. The van der Waals surface area contributed by atoms with Crippen LogP contribution in [0, 0.1) is 0 Å². The number of hydrogen-bond acceptors (Lipinski definition) is 8. The van der Waals surface area contributed by atoms with Crippen molar-refractivity contribution < 1.29 is 23.8 Å². The first kappa shape index (κ1) is 24.1. The molecule has 0 fully saturated rings. The van der Waals surface area contributed by atoms with E-state index in [-0.39, 0.29) is 24.8 Å². The van der Waals surface area contributed by atoms with Gasteiger partial charge in [0.1, 0.15) is 12.4 Å². The second-order valence-corrected chi connectivity index (χ2v) is 9.25. The highest BCUT2D eigenvalue weighted by Gasteiger charge is 2.40. The zero-order valence-corrected chi connectivity index (χ0v) is 20.8. The number of nitrogens with one attached hydrogen (secondary N) is 2. The molecule has 0 radical (unpaired) electrons. The molecule has 9 nitrogen and oxygen atoms in total. The molecular weight excluding hydrogens is 462 g/mol. The van der Waals surface area contributed by atoms with Crippen LogP contribution in [0.4, 0.5) is 5.69 Å². The quantitative estimate of drug-likeness (QED) is 0.426. The van der Waals surface area contributed by atoms with E-state index in [0.717, 1.165) is 47.5 Å². The van der Waals surface area contributed by atoms with Crippen LogP contribution in [0.3, 0.4) is 0 Å². The van der Waals surface area contributed by atoms with Gasteiger partial charge in [0.05, 0.1) is 25.3 Å². The third-order valence-electron chi connectivity index (χ3n) is 7.11. The summed E-state index contributed by atoms with van der Waals surface area (Å²) in [6.45, 7) is 5.14. The number of carbonyl (C=O) groups excluding carboxylic acids is 2. The van der Waals surface area contributed by atoms with Crippen molar-refractivity contribution in [3.63, 3.8) is 0 Å². The summed E-state index contributed by atoms with van der Waals surface area (Å²) < 4.78 is 17.9. The molecule has 1 aromatic heterocycles. The van der Waals surface area contributed by atoms with Crippen LogP contribution in [-0.4, -0.2) is 36.7 Å². The molecule has 0 saturated carbocycles. The van der Waals surface area contributed by atoms with E-state index in [1.165, 1.54) is 5.57 Å². The molecule has 0 bridgehead atoms. The monoisotopic (exact) mass is 493 g/mol. The Labute approximate surface area is 209 Å². The van der Waals surface area contributed by atoms with Gasteiger partial charge in [0.25, 0.3) is 5.56 Å². The van der Waals surface area contributed by atoms with Gasteiger partial charge in [-0.1, -0.05) is 20.3 Å². The number of unbranched alkanes of at least 4 members (excludes halogenated alkanes) is 1. The van der Waals surface area contributed by atoms with Crippen molar-refractivity contribution in [2.75, 3.05) is 25.5 Å². The highest BCUT2D eigenvalue weighted by molar-refractivity contribution is 5.85. The number of benzene rings is 1. The zero-order chi connectivity index (χ0) is 25.4. The number of esters is 2. The number of anilines is 1. The van der Waals surface area contributed by atoms with E-state index in [4.69, 9.17) is 14.2 Å². The minimum Gasteiger partial charge on any atom is -0.497 e. The van der Waals surface area contributed by atoms with Crippen molar-refractivity contribution in [1.82, 2.24) is 9.88 Å². The maximum Gasteiger partial charge on any atom is 0.352 e. The number of aromatic nitrogens is 1. The van der Waals surface area contributed by atoms with Gasteiger partial charge in [0.2, 0.25) is 6.10 Å². The molecule has 1 aromatic carbocycles. The van der Waals surface area contributed by atoms with Crippen LogP contribution in [0.5, 0.6) is 5.75 Å². The summed E-state index contributed by atoms with van der Waals surface area (Å²) in [4.78, 5) is 38.6. The third-order valence-corrected chi connectivity index (χ3v) is 7.11. The average Bonchev–Trinajstić information content (AvgIpc) is 3.25. The van der Waals surface area contributed by atoms with Gasteiger partial charge in [-0.3, -0.25) is 9.59 Å². The number of methoxy groups -OCH3 is 1. The van der Waals surface area contributed by atoms with E-state index in [2.05, 4.69) is 24.5 Å². The number of rotatable bonds is 8. The molecule has 3 aliphatic heterocycles. The number of nitrogens with zero attached hydrogens (tertiary/aromatic N) is 1. The fraction of sp³-hybridized carbons (Fsp3) is 0.444. The van der Waals surface area contributed by atoms with Gasteiger partial charge in [-0.05, 0) is 54.8 Å². The van der Waals surface area contributed by atoms with E-state index in [1.807, 2.05) is 24.3 Å². The van der Waals surface area contributed by atoms with Crippen molar-refractivity contribution in [1.29, 1.82) is 0 Å². The van der Waals surface area contributed by atoms with E-state index in [0.29, 0.717) is 24.2 Å². The van der Waals surface area contributed by atoms with Crippen molar-refractivity contribution in [2.24, 2.45) is 0 Å². The second kappa shape index (κ2) is 9.81. The molecule has 2 N–H and O–H groups in total.